The first-order valence-corrected chi connectivity index (χ1v) is 22.7. The third kappa shape index (κ3) is 19.3. The Morgan fingerprint density at radius 3 is 0.950 bits per heavy atom. The van der Waals surface area contributed by atoms with Crippen LogP contribution < -0.4 is 0 Å². The molecule has 0 fully saturated rings. The van der Waals surface area contributed by atoms with E-state index in [0.717, 1.165) is 22.3 Å². The van der Waals surface area contributed by atoms with Gasteiger partial charge in [-0.3, -0.25) is 9.36 Å². The zero-order chi connectivity index (χ0) is 30.5. The summed E-state index contributed by atoms with van der Waals surface area (Å²) in [7, 11) is 0. The zero-order valence-electron chi connectivity index (χ0n) is 20.0. The van der Waals surface area contributed by atoms with Crippen molar-refractivity contribution in [2.24, 2.45) is 0 Å². The van der Waals surface area contributed by atoms with Crippen LogP contribution in [0.2, 0.25) is 0 Å². The Labute approximate surface area is 282 Å². The average molecular weight is 781 g/mol. The number of hydrogen-bond donors (Lipinski definition) is 0. The van der Waals surface area contributed by atoms with Crippen LogP contribution in [0.4, 0.5) is 0 Å². The second kappa shape index (κ2) is 17.4. The summed E-state index contributed by atoms with van der Waals surface area (Å²) in [5, 5.41) is -3.22. The summed E-state index contributed by atoms with van der Waals surface area (Å²) >= 11 is 51.4. The molecule has 0 bridgehead atoms. The van der Waals surface area contributed by atoms with Crippen LogP contribution >= 0.6 is 122 Å². The molecule has 2 nitrogen and oxygen atoms in total. The van der Waals surface area contributed by atoms with Gasteiger partial charge in [0.25, 0.3) is 0 Å². The van der Waals surface area contributed by atoms with Gasteiger partial charge in [-0.15, -0.1) is 0 Å². The van der Waals surface area contributed by atoms with E-state index < -0.39 is 12.9 Å². The molecule has 0 aliphatic rings. The quantitative estimate of drug-likeness (QED) is 0.117. The maximum Gasteiger partial charge on any atom is 0.339 e. The predicted molar refractivity (Wildman–Crippen MR) is 183 cm³/mol. The molecule has 0 saturated heterocycles. The second-order valence-electron chi connectivity index (χ2n) is 7.41. The van der Waals surface area contributed by atoms with Crippen molar-refractivity contribution in [3.8, 4) is 0 Å². The minimum absolute atomic E-state index is 0.0752. The van der Waals surface area contributed by atoms with Crippen LogP contribution in [0.1, 0.15) is 27.0 Å². The molecule has 4 rings (SSSR count). The van der Waals surface area contributed by atoms with Gasteiger partial charge in [-0.2, -0.15) is 0 Å². The van der Waals surface area contributed by atoms with Crippen molar-refractivity contribution >= 4 is 127 Å². The fourth-order valence-corrected chi connectivity index (χ4v) is 3.31. The molecule has 0 spiro atoms. The maximum absolute atomic E-state index is 11.8. The molecule has 0 radical (unpaired) electrons. The van der Waals surface area contributed by atoms with Gasteiger partial charge in [-0.1, -0.05) is 145 Å². The summed E-state index contributed by atoms with van der Waals surface area (Å²) in [6.45, 7) is 0. The van der Waals surface area contributed by atoms with E-state index in [1.165, 1.54) is 0 Å². The van der Waals surface area contributed by atoms with Crippen LogP contribution in [0.3, 0.4) is 0 Å². The van der Waals surface area contributed by atoms with Crippen LogP contribution in [0.25, 0.3) is 0 Å². The minimum atomic E-state index is -3.69. The average Bonchev–Trinajstić information content (AvgIpc) is 2.88. The summed E-state index contributed by atoms with van der Waals surface area (Å²) in [6.07, 6.45) is 0. The minimum Gasteiger partial charge on any atom is -0.289 e. The number of hydrogen-bond acceptors (Lipinski definition) is 2. The zero-order valence-corrected chi connectivity index (χ0v) is 29.4. The number of alkyl halides is 2. The van der Waals surface area contributed by atoms with Gasteiger partial charge < -0.3 is 0 Å². The molecule has 14 heteroatoms. The first-order chi connectivity index (χ1) is 18.3. The number of ketones is 1. The third-order valence-corrected chi connectivity index (χ3v) is 5.22. The Morgan fingerprint density at radius 2 is 0.725 bits per heavy atom. The van der Waals surface area contributed by atoms with E-state index in [0.29, 0.717) is 0 Å². The van der Waals surface area contributed by atoms with Crippen LogP contribution in [-0.2, 0) is 8.90 Å². The molecule has 0 N–H and O–H groups in total. The molecule has 4 aromatic carbocycles. The Bertz CT molecular complexity index is 1240. The molecule has 0 unspecified atom stereocenters. The van der Waals surface area contributed by atoms with Crippen LogP contribution in [-0.4, -0.2) is 5.78 Å². The van der Waals surface area contributed by atoms with Gasteiger partial charge in [0.2, 0.25) is 0 Å². The normalized spacial score (nSPS) is 12.0. The van der Waals surface area contributed by atoms with Crippen LogP contribution in [0.5, 0.6) is 0 Å². The Hall–Kier alpha value is 0.110. The first kappa shape index (κ1) is 38.1. The maximum atomic E-state index is 11.8. The Balaban J connectivity index is 0.000000296. The van der Waals surface area contributed by atoms with Crippen molar-refractivity contribution in [1.29, 1.82) is 0 Å². The van der Waals surface area contributed by atoms with E-state index in [4.69, 9.17) is 79.4 Å². The van der Waals surface area contributed by atoms with E-state index in [9.17, 15) is 9.36 Å². The SMILES string of the molecule is ClC(Cl)(c1ccccc1)c1ccccc1.ClP(Cl)(Cl)(Cl)Cl.O=C(c1ccccc1)c1ccccc1.O=P(Cl)(Cl)Cl. The van der Waals surface area contributed by atoms with Crippen molar-refractivity contribution in [3.63, 3.8) is 0 Å². The van der Waals surface area contributed by atoms with Crippen molar-refractivity contribution in [1.82, 2.24) is 0 Å². The van der Waals surface area contributed by atoms with E-state index in [1.54, 1.807) is 0 Å². The van der Waals surface area contributed by atoms with E-state index in [1.807, 2.05) is 121 Å². The number of halogens is 10. The molecular formula is C26H20Cl10O2P2. The monoisotopic (exact) mass is 776 g/mol. The fourth-order valence-electron chi connectivity index (χ4n) is 2.81. The molecular weight excluding hydrogens is 761 g/mol. The molecule has 40 heavy (non-hydrogen) atoms. The van der Waals surface area contributed by atoms with Gasteiger partial charge in [0.05, 0.1) is 0 Å². The number of rotatable bonds is 4. The first-order valence-electron chi connectivity index (χ1n) is 10.8. The standard InChI is InChI=1S/C13H10Cl2.C13H10O.Cl5P.Cl3OP/c14-13(15,11-7-3-1-4-8-11)12-9-5-2-6-10-12;14-13(11-7-3-1-4-8-11)12-9-5-2-6-10-12;1-6(2,3,4)5;1-5(2,3)4/h1-10H;1-10H;;. The third-order valence-electron chi connectivity index (χ3n) is 4.34. The topological polar surface area (TPSA) is 34.1 Å². The molecule has 0 aliphatic heterocycles. The van der Waals surface area contributed by atoms with Gasteiger partial charge in [0, 0.05) is 11.1 Å². The molecule has 0 atom stereocenters. The number of benzene rings is 4. The smallest absolute Gasteiger partial charge is 0.289 e. The summed E-state index contributed by atoms with van der Waals surface area (Å²) in [5.41, 5.74) is 3.25. The molecule has 0 aromatic heterocycles. The van der Waals surface area contributed by atoms with E-state index in [-0.39, 0.29) is 5.78 Å². The molecule has 0 aliphatic carbocycles. The molecule has 0 amide bonds. The van der Waals surface area contributed by atoms with Gasteiger partial charge in [0.1, 0.15) is 0 Å². The Morgan fingerprint density at radius 1 is 0.525 bits per heavy atom. The van der Waals surface area contributed by atoms with E-state index in [2.05, 4.69) is 33.7 Å². The Kier molecular flexibility index (Phi) is 16.6. The van der Waals surface area contributed by atoms with Crippen molar-refractivity contribution in [2.75, 3.05) is 0 Å². The van der Waals surface area contributed by atoms with Crippen LogP contribution in [0.15, 0.2) is 121 Å². The van der Waals surface area contributed by atoms with E-state index >= 15 is 0 Å². The molecule has 4 aromatic rings. The van der Waals surface area contributed by atoms with Crippen molar-refractivity contribution in [2.45, 2.75) is 4.33 Å². The molecule has 0 saturated carbocycles. The summed E-state index contributed by atoms with van der Waals surface area (Å²) in [4.78, 5) is 11.8. The van der Waals surface area contributed by atoms with Crippen molar-refractivity contribution in [3.05, 3.63) is 144 Å². The fraction of sp³-hybridized carbons (Fsp3) is 0.0385. The van der Waals surface area contributed by atoms with Gasteiger partial charge in [-0.05, 0) is 44.8 Å². The molecule has 0 heterocycles. The summed E-state index contributed by atoms with van der Waals surface area (Å²) < 4.78 is 4.85. The largest absolute Gasteiger partial charge is 0.339 e. The van der Waals surface area contributed by atoms with Gasteiger partial charge >= 0.3 is 64.8 Å². The number of carbonyl (C=O) groups is 1. The number of carbonyl (C=O) groups excluding carboxylic acids is 1. The van der Waals surface area contributed by atoms with Crippen molar-refractivity contribution < 1.29 is 9.36 Å². The molecule has 216 valence electrons. The summed E-state index contributed by atoms with van der Waals surface area (Å²) in [6, 6.07) is 37.9. The second-order valence-corrected chi connectivity index (χ2v) is 32.0. The van der Waals surface area contributed by atoms with Crippen LogP contribution in [0, 0.1) is 0 Å². The predicted octanol–water partition coefficient (Wildman–Crippen LogP) is 14.4. The summed E-state index contributed by atoms with van der Waals surface area (Å²) in [5.74, 6) is 0.0752. The van der Waals surface area contributed by atoms with Gasteiger partial charge in [0.15, 0.2) is 10.1 Å². The van der Waals surface area contributed by atoms with Gasteiger partial charge in [-0.25, -0.2) is 0 Å².